The minimum Gasteiger partial charge on any atom is -0.373 e. The predicted molar refractivity (Wildman–Crippen MR) is 88.8 cm³/mol. The van der Waals surface area contributed by atoms with E-state index in [1.807, 2.05) is 24.3 Å². The third kappa shape index (κ3) is 3.16. The Hall–Kier alpha value is -1.74. The molecule has 0 saturated heterocycles. The molecular formula is C20H24O3. The molecule has 3 rings (SSSR count). The molecule has 1 saturated carbocycles. The third-order valence-electron chi connectivity index (χ3n) is 5.68. The summed E-state index contributed by atoms with van der Waals surface area (Å²) >= 11 is 0. The summed E-state index contributed by atoms with van der Waals surface area (Å²) < 4.78 is 6.16. The Kier molecular flexibility index (Phi) is 4.49. The molecule has 0 spiro atoms. The fourth-order valence-electron chi connectivity index (χ4n) is 4.23. The molecule has 0 heterocycles. The first-order valence-electron chi connectivity index (χ1n) is 8.40. The molecular weight excluding hydrogens is 288 g/mol. The smallest absolute Gasteiger partial charge is 0.166 e. The molecule has 4 atom stereocenters. The van der Waals surface area contributed by atoms with Crippen LogP contribution >= 0.6 is 0 Å². The SMILES string of the molecule is C[C@H]1C2CC(=O)C(C=O)=C[C@@]2(C)CC[C@@H]1OCc1ccccc1. The van der Waals surface area contributed by atoms with Gasteiger partial charge in [0, 0.05) is 6.42 Å². The molecule has 0 radical (unpaired) electrons. The first-order chi connectivity index (χ1) is 11.0. The zero-order chi connectivity index (χ0) is 16.4. The van der Waals surface area contributed by atoms with Crippen LogP contribution in [0.5, 0.6) is 0 Å². The zero-order valence-corrected chi connectivity index (χ0v) is 13.8. The Morgan fingerprint density at radius 1 is 1.30 bits per heavy atom. The lowest BCUT2D eigenvalue weighted by atomic mass is 9.57. The van der Waals surface area contributed by atoms with E-state index in [0.717, 1.165) is 12.8 Å². The second kappa shape index (κ2) is 6.40. The van der Waals surface area contributed by atoms with Crippen LogP contribution in [0.3, 0.4) is 0 Å². The zero-order valence-electron chi connectivity index (χ0n) is 13.8. The number of benzene rings is 1. The number of allylic oxidation sites excluding steroid dienone is 2. The van der Waals surface area contributed by atoms with Gasteiger partial charge in [0.15, 0.2) is 12.1 Å². The molecule has 0 bridgehead atoms. The van der Waals surface area contributed by atoms with Gasteiger partial charge in [0.05, 0.1) is 18.3 Å². The van der Waals surface area contributed by atoms with Gasteiger partial charge < -0.3 is 4.74 Å². The van der Waals surface area contributed by atoms with Crippen molar-refractivity contribution in [1.82, 2.24) is 0 Å². The Morgan fingerprint density at radius 3 is 2.74 bits per heavy atom. The average molecular weight is 312 g/mol. The van der Waals surface area contributed by atoms with Gasteiger partial charge in [0.25, 0.3) is 0 Å². The van der Waals surface area contributed by atoms with E-state index < -0.39 is 0 Å². The summed E-state index contributed by atoms with van der Waals surface area (Å²) in [7, 11) is 0. The number of hydrogen-bond acceptors (Lipinski definition) is 3. The minimum absolute atomic E-state index is 0.0157. The summed E-state index contributed by atoms with van der Waals surface area (Å²) in [5.74, 6) is 0.553. The molecule has 0 aromatic heterocycles. The van der Waals surface area contributed by atoms with Crippen LogP contribution in [0.4, 0.5) is 0 Å². The van der Waals surface area contributed by atoms with Crippen molar-refractivity contribution in [2.24, 2.45) is 17.3 Å². The molecule has 1 aromatic carbocycles. The molecule has 0 amide bonds. The number of ketones is 1. The van der Waals surface area contributed by atoms with Crippen molar-refractivity contribution in [3.63, 3.8) is 0 Å². The van der Waals surface area contributed by atoms with E-state index in [1.165, 1.54) is 5.56 Å². The third-order valence-corrected chi connectivity index (χ3v) is 5.68. The van der Waals surface area contributed by atoms with Gasteiger partial charge in [-0.25, -0.2) is 0 Å². The Bertz CT molecular complexity index is 619. The molecule has 2 aliphatic rings. The van der Waals surface area contributed by atoms with Crippen molar-refractivity contribution in [2.45, 2.75) is 45.8 Å². The lowest BCUT2D eigenvalue weighted by Gasteiger charge is -2.49. The van der Waals surface area contributed by atoms with Crippen molar-refractivity contribution in [1.29, 1.82) is 0 Å². The lowest BCUT2D eigenvalue weighted by Crippen LogP contribution is -2.46. The van der Waals surface area contributed by atoms with Crippen molar-refractivity contribution >= 4 is 12.1 Å². The number of ether oxygens (including phenoxy) is 1. The molecule has 0 N–H and O–H groups in total. The molecule has 2 aliphatic carbocycles. The van der Waals surface area contributed by atoms with Crippen molar-refractivity contribution in [3.8, 4) is 0 Å². The van der Waals surface area contributed by atoms with Crippen LogP contribution in [0.15, 0.2) is 42.0 Å². The fourth-order valence-corrected chi connectivity index (χ4v) is 4.23. The maximum atomic E-state index is 12.1. The van der Waals surface area contributed by atoms with Crippen LogP contribution in [0, 0.1) is 17.3 Å². The highest BCUT2D eigenvalue weighted by Crippen LogP contribution is 2.50. The molecule has 23 heavy (non-hydrogen) atoms. The number of Topliss-reactive ketones (excluding diaryl/α,β-unsaturated/α-hetero) is 1. The number of fused-ring (bicyclic) bond motifs is 1. The van der Waals surface area contributed by atoms with Crippen LogP contribution in [0.25, 0.3) is 0 Å². The van der Waals surface area contributed by atoms with Gasteiger partial charge in [0.1, 0.15) is 0 Å². The summed E-state index contributed by atoms with van der Waals surface area (Å²) in [6, 6.07) is 10.2. The van der Waals surface area contributed by atoms with Crippen LogP contribution in [0.1, 0.15) is 38.7 Å². The molecule has 0 aliphatic heterocycles. The van der Waals surface area contributed by atoms with Crippen LogP contribution in [0.2, 0.25) is 0 Å². The number of aldehydes is 1. The topological polar surface area (TPSA) is 43.4 Å². The second-order valence-electron chi connectivity index (χ2n) is 7.19. The molecule has 3 nitrogen and oxygen atoms in total. The molecule has 1 fully saturated rings. The highest BCUT2D eigenvalue weighted by atomic mass is 16.5. The second-order valence-corrected chi connectivity index (χ2v) is 7.19. The summed E-state index contributed by atoms with van der Waals surface area (Å²) in [4.78, 5) is 23.2. The Morgan fingerprint density at radius 2 is 2.04 bits per heavy atom. The lowest BCUT2D eigenvalue weighted by molar-refractivity contribution is -0.125. The normalized spacial score (nSPS) is 33.7. The molecule has 1 aromatic rings. The van der Waals surface area contributed by atoms with Gasteiger partial charge in [-0.2, -0.15) is 0 Å². The number of carbonyl (C=O) groups excluding carboxylic acids is 2. The predicted octanol–water partition coefficient (Wildman–Crippen LogP) is 3.72. The van der Waals surface area contributed by atoms with E-state index in [4.69, 9.17) is 4.74 Å². The highest BCUT2D eigenvalue weighted by Gasteiger charge is 2.47. The van der Waals surface area contributed by atoms with Crippen molar-refractivity contribution < 1.29 is 14.3 Å². The van der Waals surface area contributed by atoms with Crippen molar-refractivity contribution in [2.75, 3.05) is 0 Å². The maximum Gasteiger partial charge on any atom is 0.166 e. The summed E-state index contributed by atoms with van der Waals surface area (Å²) in [5, 5.41) is 0. The Labute approximate surface area is 137 Å². The van der Waals surface area contributed by atoms with E-state index in [1.54, 1.807) is 0 Å². The van der Waals surface area contributed by atoms with E-state index in [2.05, 4.69) is 26.0 Å². The minimum atomic E-state index is -0.0593. The summed E-state index contributed by atoms with van der Waals surface area (Å²) in [5.41, 5.74) is 1.48. The van der Waals surface area contributed by atoms with Crippen molar-refractivity contribution in [3.05, 3.63) is 47.5 Å². The highest BCUT2D eigenvalue weighted by molar-refractivity contribution is 6.12. The van der Waals surface area contributed by atoms with Crippen LogP contribution in [-0.2, 0) is 20.9 Å². The fraction of sp³-hybridized carbons (Fsp3) is 0.500. The molecule has 3 heteroatoms. The largest absolute Gasteiger partial charge is 0.373 e. The number of carbonyl (C=O) groups is 2. The van der Waals surface area contributed by atoms with Crippen LogP contribution < -0.4 is 0 Å². The van der Waals surface area contributed by atoms with E-state index in [0.29, 0.717) is 30.8 Å². The first-order valence-corrected chi connectivity index (χ1v) is 8.40. The van der Waals surface area contributed by atoms with Gasteiger partial charge in [-0.05, 0) is 35.7 Å². The maximum absolute atomic E-state index is 12.1. The van der Waals surface area contributed by atoms with E-state index in [-0.39, 0.29) is 23.2 Å². The van der Waals surface area contributed by atoms with Gasteiger partial charge in [0.2, 0.25) is 0 Å². The van der Waals surface area contributed by atoms with Gasteiger partial charge >= 0.3 is 0 Å². The summed E-state index contributed by atoms with van der Waals surface area (Å²) in [6.45, 7) is 4.98. The van der Waals surface area contributed by atoms with E-state index >= 15 is 0 Å². The molecule has 122 valence electrons. The average Bonchev–Trinajstić information content (AvgIpc) is 2.56. The van der Waals surface area contributed by atoms with Gasteiger partial charge in [-0.3, -0.25) is 9.59 Å². The quantitative estimate of drug-likeness (QED) is 0.628. The van der Waals surface area contributed by atoms with Gasteiger partial charge in [-0.15, -0.1) is 0 Å². The van der Waals surface area contributed by atoms with E-state index in [9.17, 15) is 9.59 Å². The van der Waals surface area contributed by atoms with Crippen LogP contribution in [-0.4, -0.2) is 18.2 Å². The standard InChI is InChI=1S/C20H24O3/c1-14-17-10-18(22)16(12-21)11-20(17,2)9-8-19(14)23-13-15-6-4-3-5-7-15/h3-7,11-12,14,17,19H,8-10,13H2,1-2H3/t14-,17?,19-,20+/m0/s1. The number of hydrogen-bond donors (Lipinski definition) is 0. The monoisotopic (exact) mass is 312 g/mol. The van der Waals surface area contributed by atoms with Gasteiger partial charge in [-0.1, -0.05) is 50.3 Å². The first kappa shape index (κ1) is 16.1. The number of rotatable bonds is 4. The molecule has 1 unspecified atom stereocenters. The Balaban J connectivity index is 1.71. The summed E-state index contributed by atoms with van der Waals surface area (Å²) in [6.07, 6.45) is 5.21.